The molecule has 4 N–H and O–H groups in total. The topological polar surface area (TPSA) is 113 Å². The van der Waals surface area contributed by atoms with Crippen molar-refractivity contribution in [3.63, 3.8) is 0 Å². The van der Waals surface area contributed by atoms with Gasteiger partial charge < -0.3 is 21.1 Å². The van der Waals surface area contributed by atoms with Crippen molar-refractivity contribution < 1.29 is 19.5 Å². The van der Waals surface area contributed by atoms with Crippen LogP contribution in [0.25, 0.3) is 0 Å². The van der Waals surface area contributed by atoms with Crippen molar-refractivity contribution in [3.05, 3.63) is 35.9 Å². The third kappa shape index (κ3) is 5.13. The molecule has 0 fully saturated rings. The van der Waals surface area contributed by atoms with Gasteiger partial charge in [-0.2, -0.15) is 0 Å². The SMILES string of the molecule is CN(C(=O)c1ccccc1)[C@@H](CCCNC(N)=O)C(=O)O. The number of likely N-dealkylation sites (N-methyl/N-ethyl adjacent to an activating group) is 1. The van der Waals surface area contributed by atoms with E-state index in [1.54, 1.807) is 30.3 Å². The van der Waals surface area contributed by atoms with Gasteiger partial charge in [-0.15, -0.1) is 0 Å². The summed E-state index contributed by atoms with van der Waals surface area (Å²) in [6.07, 6.45) is 0.636. The molecular formula is C14H19N3O4. The number of benzene rings is 1. The first-order valence-corrected chi connectivity index (χ1v) is 6.51. The molecule has 0 aliphatic heterocycles. The molecular weight excluding hydrogens is 274 g/mol. The van der Waals surface area contributed by atoms with Crippen LogP contribution in [0.4, 0.5) is 4.79 Å². The van der Waals surface area contributed by atoms with Gasteiger partial charge in [0.25, 0.3) is 5.91 Å². The molecule has 0 aliphatic carbocycles. The maximum atomic E-state index is 12.2. The number of aliphatic carboxylic acids is 1. The molecule has 0 spiro atoms. The number of nitrogens with zero attached hydrogens (tertiary/aromatic N) is 1. The van der Waals surface area contributed by atoms with Gasteiger partial charge in [0.1, 0.15) is 6.04 Å². The Kier molecular flexibility index (Phi) is 6.19. The number of rotatable bonds is 7. The number of nitrogens with two attached hydrogens (primary N) is 1. The molecule has 0 radical (unpaired) electrons. The number of carboxylic acid groups (broad SMARTS) is 1. The van der Waals surface area contributed by atoms with Crippen molar-refractivity contribution in [2.75, 3.05) is 13.6 Å². The van der Waals surface area contributed by atoms with Gasteiger partial charge in [-0.1, -0.05) is 18.2 Å². The van der Waals surface area contributed by atoms with E-state index in [-0.39, 0.29) is 18.9 Å². The summed E-state index contributed by atoms with van der Waals surface area (Å²) in [5.41, 5.74) is 5.35. The summed E-state index contributed by atoms with van der Waals surface area (Å²) in [7, 11) is 1.45. The number of carboxylic acids is 1. The summed E-state index contributed by atoms with van der Waals surface area (Å²) in [5, 5.41) is 11.6. The lowest BCUT2D eigenvalue weighted by Crippen LogP contribution is -2.43. The zero-order chi connectivity index (χ0) is 15.8. The minimum absolute atomic E-state index is 0.227. The fourth-order valence-corrected chi connectivity index (χ4v) is 1.92. The summed E-state index contributed by atoms with van der Waals surface area (Å²) in [4.78, 5) is 35.2. The van der Waals surface area contributed by atoms with E-state index in [0.717, 1.165) is 0 Å². The summed E-state index contributed by atoms with van der Waals surface area (Å²) < 4.78 is 0. The lowest BCUT2D eigenvalue weighted by Gasteiger charge is -2.25. The number of nitrogens with one attached hydrogen (secondary N) is 1. The second kappa shape index (κ2) is 7.88. The predicted octanol–water partition coefficient (Wildman–Crippen LogP) is 0.660. The number of urea groups is 1. The highest BCUT2D eigenvalue weighted by molar-refractivity contribution is 5.96. The van der Waals surface area contributed by atoms with Gasteiger partial charge in [-0.25, -0.2) is 9.59 Å². The molecule has 0 saturated carbocycles. The van der Waals surface area contributed by atoms with E-state index >= 15 is 0 Å². The number of carbonyl (C=O) groups excluding carboxylic acids is 2. The maximum absolute atomic E-state index is 12.2. The van der Waals surface area contributed by atoms with Crippen LogP contribution in [-0.4, -0.2) is 47.5 Å². The molecule has 114 valence electrons. The Bertz CT molecular complexity index is 504. The molecule has 1 atom stereocenters. The lowest BCUT2D eigenvalue weighted by atomic mass is 10.1. The molecule has 7 nitrogen and oxygen atoms in total. The number of amides is 3. The van der Waals surface area contributed by atoms with Crippen molar-refractivity contribution in [2.45, 2.75) is 18.9 Å². The summed E-state index contributed by atoms with van der Waals surface area (Å²) in [5.74, 6) is -1.44. The molecule has 0 aromatic heterocycles. The fraction of sp³-hybridized carbons (Fsp3) is 0.357. The van der Waals surface area contributed by atoms with Crippen LogP contribution < -0.4 is 11.1 Å². The molecule has 0 unspecified atom stereocenters. The third-order valence-electron chi connectivity index (χ3n) is 3.05. The molecule has 3 amide bonds. The number of hydrogen-bond donors (Lipinski definition) is 3. The van der Waals surface area contributed by atoms with Crippen molar-refractivity contribution in [1.29, 1.82) is 0 Å². The van der Waals surface area contributed by atoms with Gasteiger partial charge >= 0.3 is 12.0 Å². The number of carbonyl (C=O) groups is 3. The van der Waals surface area contributed by atoms with E-state index in [4.69, 9.17) is 5.73 Å². The highest BCUT2D eigenvalue weighted by Crippen LogP contribution is 2.11. The smallest absolute Gasteiger partial charge is 0.326 e. The van der Waals surface area contributed by atoms with Gasteiger partial charge in [0.15, 0.2) is 0 Å². The largest absolute Gasteiger partial charge is 0.480 e. The number of hydrogen-bond acceptors (Lipinski definition) is 3. The first kappa shape index (κ1) is 16.5. The molecule has 0 bridgehead atoms. The molecule has 7 heteroatoms. The Morgan fingerprint density at radius 3 is 2.43 bits per heavy atom. The Balaban J connectivity index is 2.65. The Morgan fingerprint density at radius 2 is 1.90 bits per heavy atom. The van der Waals surface area contributed by atoms with Gasteiger partial charge in [0.05, 0.1) is 0 Å². The van der Waals surface area contributed by atoms with Crippen LogP contribution in [0.3, 0.4) is 0 Å². The van der Waals surface area contributed by atoms with Crippen LogP contribution >= 0.6 is 0 Å². The Labute approximate surface area is 122 Å². The van der Waals surface area contributed by atoms with Gasteiger partial charge in [0, 0.05) is 19.2 Å². The average Bonchev–Trinajstić information content (AvgIpc) is 2.46. The highest BCUT2D eigenvalue weighted by atomic mass is 16.4. The third-order valence-corrected chi connectivity index (χ3v) is 3.05. The second-order valence-corrected chi connectivity index (χ2v) is 4.57. The van der Waals surface area contributed by atoms with Crippen LogP contribution in [0.2, 0.25) is 0 Å². The Hall–Kier alpha value is -2.57. The lowest BCUT2D eigenvalue weighted by molar-refractivity contribution is -0.142. The Morgan fingerprint density at radius 1 is 1.29 bits per heavy atom. The molecule has 1 rings (SSSR count). The highest BCUT2D eigenvalue weighted by Gasteiger charge is 2.26. The zero-order valence-corrected chi connectivity index (χ0v) is 11.8. The van der Waals surface area contributed by atoms with E-state index < -0.39 is 18.0 Å². The molecule has 1 aromatic carbocycles. The van der Waals surface area contributed by atoms with Crippen molar-refractivity contribution in [1.82, 2.24) is 10.2 Å². The molecule has 0 aliphatic rings. The van der Waals surface area contributed by atoms with Gasteiger partial charge in [-0.05, 0) is 25.0 Å². The van der Waals surface area contributed by atoms with Crippen LogP contribution in [-0.2, 0) is 4.79 Å². The minimum Gasteiger partial charge on any atom is -0.480 e. The van der Waals surface area contributed by atoms with Crippen molar-refractivity contribution >= 4 is 17.9 Å². The van der Waals surface area contributed by atoms with E-state index in [2.05, 4.69) is 5.32 Å². The van der Waals surface area contributed by atoms with E-state index in [0.29, 0.717) is 12.0 Å². The van der Waals surface area contributed by atoms with E-state index in [1.165, 1.54) is 11.9 Å². The summed E-state index contributed by atoms with van der Waals surface area (Å²) in [6, 6.07) is 6.86. The van der Waals surface area contributed by atoms with Crippen molar-refractivity contribution in [3.8, 4) is 0 Å². The van der Waals surface area contributed by atoms with E-state index in [9.17, 15) is 19.5 Å². The number of primary amides is 1. The van der Waals surface area contributed by atoms with Crippen LogP contribution in [0.1, 0.15) is 23.2 Å². The van der Waals surface area contributed by atoms with Crippen LogP contribution in [0, 0.1) is 0 Å². The minimum atomic E-state index is -1.08. The first-order chi connectivity index (χ1) is 9.93. The maximum Gasteiger partial charge on any atom is 0.326 e. The zero-order valence-electron chi connectivity index (χ0n) is 11.8. The normalized spacial score (nSPS) is 11.5. The fourth-order valence-electron chi connectivity index (χ4n) is 1.92. The van der Waals surface area contributed by atoms with Crippen molar-refractivity contribution in [2.24, 2.45) is 5.73 Å². The molecule has 0 heterocycles. The average molecular weight is 293 g/mol. The summed E-state index contributed by atoms with van der Waals surface area (Å²) in [6.45, 7) is 0.270. The van der Waals surface area contributed by atoms with E-state index in [1.807, 2.05) is 0 Å². The standard InChI is InChI=1S/C14H19N3O4/c1-17(12(18)10-6-3-2-4-7-10)11(13(19)20)8-5-9-16-14(15)21/h2-4,6-7,11H,5,8-9H2,1H3,(H,19,20)(H3,15,16,21)/t11-/m0/s1. The van der Waals surface area contributed by atoms with Gasteiger partial charge in [0.2, 0.25) is 0 Å². The molecule has 21 heavy (non-hydrogen) atoms. The predicted molar refractivity (Wildman–Crippen MR) is 76.8 cm³/mol. The monoisotopic (exact) mass is 293 g/mol. The second-order valence-electron chi connectivity index (χ2n) is 4.57. The van der Waals surface area contributed by atoms with Crippen LogP contribution in [0.5, 0.6) is 0 Å². The molecule has 1 aromatic rings. The van der Waals surface area contributed by atoms with Gasteiger partial charge in [-0.3, -0.25) is 4.79 Å². The quantitative estimate of drug-likeness (QED) is 0.641. The molecule has 0 saturated heterocycles. The van der Waals surface area contributed by atoms with Crippen LogP contribution in [0.15, 0.2) is 30.3 Å². The first-order valence-electron chi connectivity index (χ1n) is 6.51. The summed E-state index contributed by atoms with van der Waals surface area (Å²) >= 11 is 0.